The van der Waals surface area contributed by atoms with Gasteiger partial charge < -0.3 is 15.0 Å². The van der Waals surface area contributed by atoms with Gasteiger partial charge in [0.25, 0.3) is 11.8 Å². The van der Waals surface area contributed by atoms with Gasteiger partial charge in [0.15, 0.2) is 0 Å². The van der Waals surface area contributed by atoms with Crippen molar-refractivity contribution in [1.82, 2.24) is 10.2 Å². The quantitative estimate of drug-likeness (QED) is 0.401. The number of hydrogen-bond acceptors (Lipinski definition) is 7. The first-order valence-electron chi connectivity index (χ1n) is 10.4. The van der Waals surface area contributed by atoms with Gasteiger partial charge in [-0.1, -0.05) is 17.4 Å². The van der Waals surface area contributed by atoms with Crippen molar-refractivity contribution >= 4 is 39.7 Å². The molecule has 3 aromatic carbocycles. The third-order valence-corrected chi connectivity index (χ3v) is 5.90. The minimum absolute atomic E-state index is 0.254. The summed E-state index contributed by atoms with van der Waals surface area (Å²) in [4.78, 5) is 27.3. The second-order valence-electron chi connectivity index (χ2n) is 7.57. The number of amides is 2. The standard InChI is InChI=1S/C25H23N5O3S/c1-30(2)20-11-7-16(8-12-20)22(31)26-19-6-4-5-18(15-19)23(32)27-25-29-28-24(34-25)17-9-13-21(33-3)14-10-17/h4-15H,1-3H3,(H,26,31)(H,27,29,32). The Bertz CT molecular complexity index is 1300. The van der Waals surface area contributed by atoms with Crippen LogP contribution in [0.25, 0.3) is 10.6 Å². The molecule has 0 fully saturated rings. The number of aromatic nitrogens is 2. The van der Waals surface area contributed by atoms with Crippen LogP contribution in [0.5, 0.6) is 5.75 Å². The number of carbonyl (C=O) groups excluding carboxylic acids is 2. The van der Waals surface area contributed by atoms with Crippen LogP contribution in [0.3, 0.4) is 0 Å². The molecule has 34 heavy (non-hydrogen) atoms. The van der Waals surface area contributed by atoms with E-state index in [1.165, 1.54) is 11.3 Å². The summed E-state index contributed by atoms with van der Waals surface area (Å²) < 4.78 is 5.17. The van der Waals surface area contributed by atoms with Gasteiger partial charge in [0.1, 0.15) is 10.8 Å². The van der Waals surface area contributed by atoms with E-state index in [1.807, 2.05) is 55.4 Å². The molecule has 0 saturated carbocycles. The first-order valence-corrected chi connectivity index (χ1v) is 11.2. The van der Waals surface area contributed by atoms with Crippen LogP contribution in [0.2, 0.25) is 0 Å². The molecule has 0 radical (unpaired) electrons. The summed E-state index contributed by atoms with van der Waals surface area (Å²) in [6.45, 7) is 0. The van der Waals surface area contributed by atoms with Gasteiger partial charge in [0.2, 0.25) is 5.13 Å². The highest BCUT2D eigenvalue weighted by atomic mass is 32.1. The van der Waals surface area contributed by atoms with Gasteiger partial charge in [-0.05, 0) is 66.7 Å². The number of nitrogens with one attached hydrogen (secondary N) is 2. The molecule has 1 heterocycles. The van der Waals surface area contributed by atoms with E-state index in [9.17, 15) is 9.59 Å². The maximum atomic E-state index is 12.7. The Labute approximate surface area is 201 Å². The molecule has 2 amide bonds. The zero-order valence-corrected chi connectivity index (χ0v) is 19.7. The summed E-state index contributed by atoms with van der Waals surface area (Å²) in [5.74, 6) is 0.152. The lowest BCUT2D eigenvalue weighted by molar-refractivity contribution is 0.101. The number of benzene rings is 3. The second kappa shape index (κ2) is 10.1. The summed E-state index contributed by atoms with van der Waals surface area (Å²) in [7, 11) is 5.48. The molecule has 0 spiro atoms. The predicted molar refractivity (Wildman–Crippen MR) is 135 cm³/mol. The number of nitrogens with zero attached hydrogens (tertiary/aromatic N) is 3. The van der Waals surface area contributed by atoms with Crippen molar-refractivity contribution in [3.8, 4) is 16.3 Å². The Morgan fingerprint density at radius 3 is 2.24 bits per heavy atom. The van der Waals surface area contributed by atoms with Crippen LogP contribution >= 0.6 is 11.3 Å². The number of rotatable bonds is 7. The van der Waals surface area contributed by atoms with E-state index in [2.05, 4.69) is 20.8 Å². The molecule has 9 heteroatoms. The van der Waals surface area contributed by atoms with E-state index < -0.39 is 0 Å². The van der Waals surface area contributed by atoms with Crippen molar-refractivity contribution in [2.24, 2.45) is 0 Å². The highest BCUT2D eigenvalue weighted by Gasteiger charge is 2.13. The van der Waals surface area contributed by atoms with E-state index in [0.717, 1.165) is 17.0 Å². The number of hydrogen-bond donors (Lipinski definition) is 2. The first kappa shape index (κ1) is 22.9. The molecule has 0 saturated heterocycles. The SMILES string of the molecule is COc1ccc(-c2nnc(NC(=O)c3cccc(NC(=O)c4ccc(N(C)C)cc4)c3)s2)cc1. The fourth-order valence-corrected chi connectivity index (χ4v) is 3.89. The Morgan fingerprint density at radius 2 is 1.56 bits per heavy atom. The van der Waals surface area contributed by atoms with Crippen LogP contribution in [0.15, 0.2) is 72.8 Å². The van der Waals surface area contributed by atoms with Crippen LogP contribution in [-0.2, 0) is 0 Å². The average molecular weight is 474 g/mol. The third-order valence-electron chi connectivity index (χ3n) is 5.01. The number of anilines is 3. The first-order chi connectivity index (χ1) is 16.4. The molecule has 0 aliphatic rings. The summed E-state index contributed by atoms with van der Waals surface area (Å²) in [5, 5.41) is 14.9. The molecule has 0 unspecified atom stereocenters. The monoisotopic (exact) mass is 473 g/mol. The van der Waals surface area contributed by atoms with E-state index in [1.54, 1.807) is 43.5 Å². The van der Waals surface area contributed by atoms with Gasteiger partial charge in [0, 0.05) is 42.2 Å². The van der Waals surface area contributed by atoms with Crippen LogP contribution in [-0.4, -0.2) is 43.2 Å². The largest absolute Gasteiger partial charge is 0.497 e. The van der Waals surface area contributed by atoms with Gasteiger partial charge in [-0.25, -0.2) is 0 Å². The van der Waals surface area contributed by atoms with E-state index in [0.29, 0.717) is 27.0 Å². The molecule has 172 valence electrons. The third kappa shape index (κ3) is 5.38. The van der Waals surface area contributed by atoms with Gasteiger partial charge in [-0.15, -0.1) is 10.2 Å². The maximum Gasteiger partial charge on any atom is 0.257 e. The topological polar surface area (TPSA) is 96.5 Å². The minimum atomic E-state index is -0.344. The summed E-state index contributed by atoms with van der Waals surface area (Å²) in [5.41, 5.74) is 3.32. The highest BCUT2D eigenvalue weighted by Crippen LogP contribution is 2.28. The van der Waals surface area contributed by atoms with Crippen LogP contribution in [0.1, 0.15) is 20.7 Å². The van der Waals surface area contributed by atoms with E-state index in [4.69, 9.17) is 4.74 Å². The van der Waals surface area contributed by atoms with Crippen molar-refractivity contribution in [3.63, 3.8) is 0 Å². The van der Waals surface area contributed by atoms with Crippen molar-refractivity contribution in [1.29, 1.82) is 0 Å². The minimum Gasteiger partial charge on any atom is -0.497 e. The smallest absolute Gasteiger partial charge is 0.257 e. The maximum absolute atomic E-state index is 12.7. The van der Waals surface area contributed by atoms with Crippen molar-refractivity contribution < 1.29 is 14.3 Å². The fraction of sp³-hybridized carbons (Fsp3) is 0.120. The molecule has 0 atom stereocenters. The average Bonchev–Trinajstić information content (AvgIpc) is 3.32. The normalized spacial score (nSPS) is 10.4. The molecule has 8 nitrogen and oxygen atoms in total. The number of methoxy groups -OCH3 is 1. The lowest BCUT2D eigenvalue weighted by Gasteiger charge is -2.12. The molecular formula is C25H23N5O3S. The Hall–Kier alpha value is -4.24. The van der Waals surface area contributed by atoms with Gasteiger partial charge in [-0.2, -0.15) is 0 Å². The molecule has 1 aromatic heterocycles. The van der Waals surface area contributed by atoms with Crippen LogP contribution in [0.4, 0.5) is 16.5 Å². The predicted octanol–water partition coefficient (Wildman–Crippen LogP) is 4.78. The van der Waals surface area contributed by atoms with Crippen molar-refractivity contribution in [2.45, 2.75) is 0 Å². The summed E-state index contributed by atoms with van der Waals surface area (Å²) >= 11 is 1.27. The lowest BCUT2D eigenvalue weighted by Crippen LogP contribution is -2.15. The Balaban J connectivity index is 1.41. The molecule has 2 N–H and O–H groups in total. The van der Waals surface area contributed by atoms with E-state index in [-0.39, 0.29) is 11.8 Å². The van der Waals surface area contributed by atoms with Gasteiger partial charge in [0.05, 0.1) is 7.11 Å². The summed E-state index contributed by atoms with van der Waals surface area (Å²) in [6, 6.07) is 21.4. The number of ether oxygens (including phenoxy) is 1. The van der Waals surface area contributed by atoms with Crippen LogP contribution < -0.4 is 20.3 Å². The lowest BCUT2D eigenvalue weighted by atomic mass is 10.1. The van der Waals surface area contributed by atoms with E-state index >= 15 is 0 Å². The zero-order chi connectivity index (χ0) is 24.1. The van der Waals surface area contributed by atoms with Crippen LogP contribution in [0, 0.1) is 0 Å². The Morgan fingerprint density at radius 1 is 0.853 bits per heavy atom. The molecule has 4 aromatic rings. The highest BCUT2D eigenvalue weighted by molar-refractivity contribution is 7.18. The Kier molecular flexibility index (Phi) is 6.84. The molecular weight excluding hydrogens is 450 g/mol. The molecule has 0 aliphatic heterocycles. The zero-order valence-electron chi connectivity index (χ0n) is 18.9. The molecule has 0 bridgehead atoms. The second-order valence-corrected chi connectivity index (χ2v) is 8.55. The van der Waals surface area contributed by atoms with Crippen molar-refractivity contribution in [3.05, 3.63) is 83.9 Å². The van der Waals surface area contributed by atoms with Gasteiger partial charge >= 0.3 is 0 Å². The number of carbonyl (C=O) groups is 2. The molecule has 0 aliphatic carbocycles. The van der Waals surface area contributed by atoms with Gasteiger partial charge in [-0.3, -0.25) is 14.9 Å². The summed E-state index contributed by atoms with van der Waals surface area (Å²) in [6.07, 6.45) is 0. The molecule has 4 rings (SSSR count). The van der Waals surface area contributed by atoms with Crippen molar-refractivity contribution in [2.75, 3.05) is 36.7 Å². The fourth-order valence-electron chi connectivity index (χ4n) is 3.15.